The first-order valence-corrected chi connectivity index (χ1v) is 11.4. The highest BCUT2D eigenvalue weighted by Crippen LogP contribution is 2.41. The van der Waals surface area contributed by atoms with Gasteiger partial charge in [0, 0.05) is 18.7 Å². The number of phenols is 1. The first-order valence-electron chi connectivity index (χ1n) is 11.4. The van der Waals surface area contributed by atoms with Crippen molar-refractivity contribution >= 4 is 17.5 Å². The number of aryl methyl sites for hydroxylation is 1. The lowest BCUT2D eigenvalue weighted by Crippen LogP contribution is -2.38. The van der Waals surface area contributed by atoms with Crippen LogP contribution in [0.4, 0.5) is 0 Å². The van der Waals surface area contributed by atoms with E-state index in [0.29, 0.717) is 30.0 Å². The number of carbonyl (C=O) groups excluding carboxylic acids is 3. The fourth-order valence-electron chi connectivity index (χ4n) is 4.48. The van der Waals surface area contributed by atoms with Crippen LogP contribution in [0.15, 0.2) is 36.4 Å². The Morgan fingerprint density at radius 2 is 1.71 bits per heavy atom. The van der Waals surface area contributed by atoms with E-state index in [2.05, 4.69) is 4.90 Å². The molecule has 1 amide bonds. The Morgan fingerprint density at radius 3 is 2.29 bits per heavy atom. The number of carbonyl (C=O) groups is 3. The monoisotopic (exact) mass is 468 g/mol. The van der Waals surface area contributed by atoms with Gasteiger partial charge in [-0.1, -0.05) is 19.9 Å². The van der Waals surface area contributed by atoms with Crippen LogP contribution >= 0.6 is 0 Å². The van der Waals surface area contributed by atoms with Gasteiger partial charge in [-0.3, -0.25) is 14.4 Å². The summed E-state index contributed by atoms with van der Waals surface area (Å²) in [6, 6.07) is 8.81. The standard InChI is InChI=1S/C26H32N2O6/c1-6-27(7-2)12-13-28-23(17-8-10-19(29)21(15-17)34-5)22(25(31)26(28)32)24(30)18-9-11-20(33-4)16(3)14-18/h8-11,14-15,22-23,29H,6-7,12-13H2,1-5H3. The van der Waals surface area contributed by atoms with Crippen LogP contribution in [-0.2, 0) is 9.59 Å². The van der Waals surface area contributed by atoms with E-state index < -0.39 is 29.4 Å². The van der Waals surface area contributed by atoms with E-state index in [1.807, 2.05) is 20.8 Å². The molecule has 182 valence electrons. The number of Topliss-reactive ketones (excluding diaryl/α,β-unsaturated/α-hetero) is 2. The minimum absolute atomic E-state index is 0.0646. The molecule has 8 nitrogen and oxygen atoms in total. The molecule has 0 bridgehead atoms. The first-order chi connectivity index (χ1) is 16.3. The van der Waals surface area contributed by atoms with Crippen LogP contribution in [0.2, 0.25) is 0 Å². The Morgan fingerprint density at radius 1 is 1.03 bits per heavy atom. The average molecular weight is 469 g/mol. The molecule has 0 saturated carbocycles. The van der Waals surface area contributed by atoms with E-state index in [0.717, 1.165) is 18.7 Å². The Kier molecular flexibility index (Phi) is 7.94. The fraction of sp³-hybridized carbons (Fsp3) is 0.423. The summed E-state index contributed by atoms with van der Waals surface area (Å²) in [6.07, 6.45) is 0. The van der Waals surface area contributed by atoms with Crippen LogP contribution in [0, 0.1) is 12.8 Å². The number of ketones is 2. The highest BCUT2D eigenvalue weighted by molar-refractivity contribution is 6.44. The van der Waals surface area contributed by atoms with Gasteiger partial charge in [0.05, 0.1) is 20.3 Å². The van der Waals surface area contributed by atoms with E-state index in [9.17, 15) is 19.5 Å². The van der Waals surface area contributed by atoms with E-state index in [4.69, 9.17) is 9.47 Å². The third kappa shape index (κ3) is 4.77. The Labute approximate surface area is 200 Å². The quantitative estimate of drug-likeness (QED) is 0.325. The number of likely N-dealkylation sites (N-methyl/N-ethyl adjacent to an activating group) is 1. The van der Waals surface area contributed by atoms with Crippen molar-refractivity contribution in [3.8, 4) is 17.2 Å². The van der Waals surface area contributed by atoms with Crippen molar-refractivity contribution in [2.75, 3.05) is 40.4 Å². The van der Waals surface area contributed by atoms with E-state index >= 15 is 0 Å². The summed E-state index contributed by atoms with van der Waals surface area (Å²) in [4.78, 5) is 43.6. The molecule has 8 heteroatoms. The van der Waals surface area contributed by atoms with Crippen molar-refractivity contribution in [2.24, 2.45) is 5.92 Å². The number of ether oxygens (including phenoxy) is 2. The van der Waals surface area contributed by atoms with Crippen LogP contribution in [0.5, 0.6) is 17.2 Å². The normalized spacial score (nSPS) is 18.0. The van der Waals surface area contributed by atoms with Crippen molar-refractivity contribution in [3.05, 3.63) is 53.1 Å². The minimum atomic E-state index is -1.20. The number of amides is 1. The smallest absolute Gasteiger partial charge is 0.291 e. The van der Waals surface area contributed by atoms with Gasteiger partial charge in [0.15, 0.2) is 17.3 Å². The summed E-state index contributed by atoms with van der Waals surface area (Å²) < 4.78 is 10.5. The number of phenolic OH excluding ortho intramolecular Hbond substituents is 1. The number of benzene rings is 2. The molecule has 1 heterocycles. The van der Waals surface area contributed by atoms with Gasteiger partial charge in [-0.2, -0.15) is 0 Å². The molecule has 2 atom stereocenters. The number of hydrogen-bond acceptors (Lipinski definition) is 7. The maximum Gasteiger partial charge on any atom is 0.291 e. The maximum absolute atomic E-state index is 13.6. The molecule has 1 N–H and O–H groups in total. The van der Waals surface area contributed by atoms with Gasteiger partial charge in [-0.25, -0.2) is 0 Å². The van der Waals surface area contributed by atoms with Gasteiger partial charge in [-0.05, 0) is 61.5 Å². The second-order valence-electron chi connectivity index (χ2n) is 8.29. The van der Waals surface area contributed by atoms with Gasteiger partial charge < -0.3 is 24.4 Å². The van der Waals surface area contributed by atoms with E-state index in [1.165, 1.54) is 18.1 Å². The van der Waals surface area contributed by atoms with E-state index in [1.54, 1.807) is 37.4 Å². The molecule has 2 aromatic rings. The Bertz CT molecular complexity index is 1080. The predicted molar refractivity (Wildman–Crippen MR) is 127 cm³/mol. The summed E-state index contributed by atoms with van der Waals surface area (Å²) in [5, 5.41) is 10.1. The number of aromatic hydroxyl groups is 1. The van der Waals surface area contributed by atoms with Gasteiger partial charge >= 0.3 is 0 Å². The molecule has 0 spiro atoms. The van der Waals surface area contributed by atoms with Crippen molar-refractivity contribution in [3.63, 3.8) is 0 Å². The predicted octanol–water partition coefficient (Wildman–Crippen LogP) is 3.01. The van der Waals surface area contributed by atoms with Crippen LogP contribution in [-0.4, -0.2) is 72.8 Å². The molecule has 1 saturated heterocycles. The molecule has 1 fully saturated rings. The molecule has 2 aromatic carbocycles. The van der Waals surface area contributed by atoms with Crippen molar-refractivity contribution < 1.29 is 29.0 Å². The molecule has 0 aliphatic carbocycles. The number of nitrogens with zero attached hydrogens (tertiary/aromatic N) is 2. The summed E-state index contributed by atoms with van der Waals surface area (Å²) in [7, 11) is 2.97. The van der Waals surface area contributed by atoms with Gasteiger partial charge in [0.1, 0.15) is 11.7 Å². The topological polar surface area (TPSA) is 96.4 Å². The zero-order valence-corrected chi connectivity index (χ0v) is 20.3. The molecular formula is C26H32N2O6. The molecule has 2 unspecified atom stereocenters. The third-order valence-corrected chi connectivity index (χ3v) is 6.46. The SMILES string of the molecule is CCN(CC)CCN1C(=O)C(=O)C(C(=O)c2ccc(OC)c(C)c2)C1c1ccc(O)c(OC)c1. The molecule has 34 heavy (non-hydrogen) atoms. The maximum atomic E-state index is 13.6. The summed E-state index contributed by atoms with van der Waals surface area (Å²) >= 11 is 0. The fourth-order valence-corrected chi connectivity index (χ4v) is 4.48. The number of rotatable bonds is 10. The summed E-state index contributed by atoms with van der Waals surface area (Å²) in [5.74, 6) is -2.25. The van der Waals surface area contributed by atoms with Crippen molar-refractivity contribution in [2.45, 2.75) is 26.8 Å². The molecule has 3 rings (SSSR count). The molecule has 0 aromatic heterocycles. The zero-order chi connectivity index (χ0) is 25.0. The second-order valence-corrected chi connectivity index (χ2v) is 8.29. The first kappa shape index (κ1) is 25.2. The van der Waals surface area contributed by atoms with Crippen molar-refractivity contribution in [1.29, 1.82) is 0 Å². The van der Waals surface area contributed by atoms with Crippen LogP contribution < -0.4 is 9.47 Å². The number of methoxy groups -OCH3 is 2. The molecular weight excluding hydrogens is 436 g/mol. The molecule has 1 aliphatic rings. The lowest BCUT2D eigenvalue weighted by atomic mass is 9.85. The van der Waals surface area contributed by atoms with E-state index in [-0.39, 0.29) is 11.5 Å². The molecule has 1 aliphatic heterocycles. The van der Waals surface area contributed by atoms with Gasteiger partial charge in [-0.15, -0.1) is 0 Å². The van der Waals surface area contributed by atoms with Gasteiger partial charge in [0.25, 0.3) is 5.91 Å². The largest absolute Gasteiger partial charge is 0.504 e. The van der Waals surface area contributed by atoms with Crippen LogP contribution in [0.3, 0.4) is 0 Å². The lowest BCUT2D eigenvalue weighted by Gasteiger charge is -2.29. The lowest BCUT2D eigenvalue weighted by molar-refractivity contribution is -0.140. The highest BCUT2D eigenvalue weighted by Gasteiger charge is 2.51. The Hall–Kier alpha value is -3.39. The number of hydrogen-bond donors (Lipinski definition) is 1. The summed E-state index contributed by atoms with van der Waals surface area (Å²) in [5.41, 5.74) is 1.65. The third-order valence-electron chi connectivity index (χ3n) is 6.46. The minimum Gasteiger partial charge on any atom is -0.504 e. The Balaban J connectivity index is 2.06. The zero-order valence-electron chi connectivity index (χ0n) is 20.3. The molecule has 0 radical (unpaired) electrons. The number of likely N-dealkylation sites (tertiary alicyclic amines) is 1. The van der Waals surface area contributed by atoms with Crippen molar-refractivity contribution in [1.82, 2.24) is 9.80 Å². The summed E-state index contributed by atoms with van der Waals surface area (Å²) in [6.45, 7) is 8.35. The highest BCUT2D eigenvalue weighted by atomic mass is 16.5. The average Bonchev–Trinajstić information content (AvgIpc) is 3.09. The van der Waals surface area contributed by atoms with Crippen LogP contribution in [0.25, 0.3) is 0 Å². The second kappa shape index (κ2) is 10.7. The van der Waals surface area contributed by atoms with Crippen LogP contribution in [0.1, 0.15) is 41.4 Å². The van der Waals surface area contributed by atoms with Gasteiger partial charge in [0.2, 0.25) is 5.78 Å².